The van der Waals surface area contributed by atoms with Crippen LogP contribution in [-0.2, 0) is 9.47 Å². The molecule has 0 heterocycles. The summed E-state index contributed by atoms with van der Waals surface area (Å²) in [6.07, 6.45) is 8.48. The molecule has 6 nitrogen and oxygen atoms in total. The minimum absolute atomic E-state index is 0.514. The van der Waals surface area contributed by atoms with Gasteiger partial charge in [0, 0.05) is 6.61 Å². The summed E-state index contributed by atoms with van der Waals surface area (Å²) in [7, 11) is 0. The first-order valence-electron chi connectivity index (χ1n) is 9.10. The van der Waals surface area contributed by atoms with Crippen LogP contribution in [0.15, 0.2) is 12.2 Å². The van der Waals surface area contributed by atoms with Crippen LogP contribution in [0.5, 0.6) is 0 Å². The monoisotopic (exact) mass is 348 g/mol. The molecule has 4 N–H and O–H groups in total. The first kappa shape index (κ1) is 23.5. The zero-order valence-electron chi connectivity index (χ0n) is 15.1. The lowest BCUT2D eigenvalue weighted by atomic mass is 10.1. The molecule has 0 fully saturated rings. The van der Waals surface area contributed by atoms with Gasteiger partial charge >= 0.3 is 0 Å². The molecule has 0 bridgehead atoms. The number of unbranched alkanes of at least 4 members (excludes halogenated alkanes) is 6. The molecule has 0 aromatic rings. The molecule has 0 rings (SSSR count). The Balaban J connectivity index is 3.54. The maximum absolute atomic E-state index is 9.45. The lowest BCUT2D eigenvalue weighted by molar-refractivity contribution is -0.228. The molecule has 6 heteroatoms. The quantitative estimate of drug-likeness (QED) is 0.194. The number of aliphatic hydroxyl groups excluding tert-OH is 3. The minimum atomic E-state index is -1.95. The maximum atomic E-state index is 9.45. The van der Waals surface area contributed by atoms with Crippen LogP contribution in [0.25, 0.3) is 0 Å². The number of hydrogen-bond acceptors (Lipinski definition) is 6. The van der Waals surface area contributed by atoms with Crippen molar-refractivity contribution in [3.8, 4) is 0 Å². The fraction of sp³-hybridized carbons (Fsp3) is 0.889. The van der Waals surface area contributed by atoms with E-state index in [9.17, 15) is 5.11 Å². The first-order chi connectivity index (χ1) is 11.5. The van der Waals surface area contributed by atoms with Gasteiger partial charge in [-0.15, -0.1) is 0 Å². The highest BCUT2D eigenvalue weighted by atomic mass is 16.7. The van der Waals surface area contributed by atoms with Crippen LogP contribution in [0.2, 0.25) is 0 Å². The molecule has 3 unspecified atom stereocenters. The van der Waals surface area contributed by atoms with E-state index < -0.39 is 31.4 Å². The average Bonchev–Trinajstić information content (AvgIpc) is 2.56. The zero-order valence-corrected chi connectivity index (χ0v) is 15.1. The molecule has 0 aliphatic heterocycles. The van der Waals surface area contributed by atoms with Gasteiger partial charge in [-0.3, -0.25) is 0 Å². The fourth-order valence-corrected chi connectivity index (χ4v) is 2.31. The lowest BCUT2D eigenvalue weighted by Gasteiger charge is -2.25. The number of ether oxygens (including phenoxy) is 2. The van der Waals surface area contributed by atoms with Gasteiger partial charge in [0.25, 0.3) is 0 Å². The summed E-state index contributed by atoms with van der Waals surface area (Å²) in [5, 5.41) is 36.3. The molecule has 0 aliphatic carbocycles. The van der Waals surface area contributed by atoms with Crippen molar-refractivity contribution in [2.45, 2.75) is 90.0 Å². The second kappa shape index (κ2) is 16.0. The van der Waals surface area contributed by atoms with E-state index in [0.717, 1.165) is 19.3 Å². The number of allylic oxidation sites excluding steroid dienone is 2. The van der Waals surface area contributed by atoms with Crippen LogP contribution in [0.3, 0.4) is 0 Å². The second-order valence-corrected chi connectivity index (χ2v) is 5.99. The Labute approximate surface area is 146 Å². The molecule has 0 aromatic carbocycles. The standard InChI is InChI=1S/C18H36O6/c1-3-4-5-6-7-8-9-10-11-12-13-23-15(2)24-16(14-19)17(20)18(21)22/h4-5,15-22H,3,6-14H2,1-2H3/b5-4+. The van der Waals surface area contributed by atoms with Crippen LogP contribution in [0.4, 0.5) is 0 Å². The van der Waals surface area contributed by atoms with Gasteiger partial charge in [-0.05, 0) is 32.6 Å². The molecule has 24 heavy (non-hydrogen) atoms. The fourth-order valence-electron chi connectivity index (χ4n) is 2.31. The molecule has 0 aliphatic rings. The van der Waals surface area contributed by atoms with Gasteiger partial charge in [0.05, 0.1) is 6.61 Å². The third-order valence-corrected chi connectivity index (χ3v) is 3.75. The number of hydrogen-bond donors (Lipinski definition) is 4. The molecule has 0 amide bonds. The summed E-state index contributed by atoms with van der Waals surface area (Å²) in [5.41, 5.74) is 0. The highest BCUT2D eigenvalue weighted by Crippen LogP contribution is 2.10. The van der Waals surface area contributed by atoms with Crippen molar-refractivity contribution in [3.63, 3.8) is 0 Å². The predicted octanol–water partition coefficient (Wildman–Crippen LogP) is 2.09. The molecule has 0 radical (unpaired) electrons. The van der Waals surface area contributed by atoms with Crippen LogP contribution in [-0.4, -0.2) is 58.4 Å². The molecule has 3 atom stereocenters. The Hall–Kier alpha value is -0.500. The van der Waals surface area contributed by atoms with E-state index in [2.05, 4.69) is 19.1 Å². The largest absolute Gasteiger partial charge is 0.394 e. The van der Waals surface area contributed by atoms with Crippen molar-refractivity contribution in [2.75, 3.05) is 13.2 Å². The van der Waals surface area contributed by atoms with Crippen molar-refractivity contribution in [1.29, 1.82) is 0 Å². The molecule has 0 aromatic heterocycles. The molecule has 144 valence electrons. The predicted molar refractivity (Wildman–Crippen MR) is 93.4 cm³/mol. The zero-order chi connectivity index (χ0) is 18.2. The van der Waals surface area contributed by atoms with E-state index >= 15 is 0 Å². The van der Waals surface area contributed by atoms with Crippen molar-refractivity contribution in [3.05, 3.63) is 12.2 Å². The molecule has 0 saturated carbocycles. The Morgan fingerprint density at radius 1 is 0.917 bits per heavy atom. The maximum Gasteiger partial charge on any atom is 0.180 e. The van der Waals surface area contributed by atoms with E-state index in [1.165, 1.54) is 32.1 Å². The molecular formula is C18H36O6. The Kier molecular flexibility index (Phi) is 15.7. The van der Waals surface area contributed by atoms with Gasteiger partial charge in [-0.1, -0.05) is 44.8 Å². The van der Waals surface area contributed by atoms with Gasteiger partial charge in [0.2, 0.25) is 0 Å². The van der Waals surface area contributed by atoms with Gasteiger partial charge in [0.1, 0.15) is 12.2 Å². The molecular weight excluding hydrogens is 312 g/mol. The van der Waals surface area contributed by atoms with Gasteiger partial charge in [0.15, 0.2) is 12.6 Å². The normalized spacial score (nSPS) is 16.0. The number of aliphatic hydroxyl groups is 4. The second-order valence-electron chi connectivity index (χ2n) is 5.99. The molecule has 0 saturated heterocycles. The van der Waals surface area contributed by atoms with E-state index in [1.807, 2.05) is 0 Å². The van der Waals surface area contributed by atoms with Crippen LogP contribution in [0.1, 0.15) is 65.2 Å². The Morgan fingerprint density at radius 3 is 2.12 bits per heavy atom. The summed E-state index contributed by atoms with van der Waals surface area (Å²) < 4.78 is 10.7. The summed E-state index contributed by atoms with van der Waals surface area (Å²) in [4.78, 5) is 0. The summed E-state index contributed by atoms with van der Waals surface area (Å²) in [6, 6.07) is 0. The SMILES string of the molecule is CC/C=C/CCCCCCCCOC(C)OC(CO)C(O)C(O)O. The highest BCUT2D eigenvalue weighted by molar-refractivity contribution is 4.79. The Morgan fingerprint density at radius 2 is 1.54 bits per heavy atom. The van der Waals surface area contributed by atoms with Crippen LogP contribution < -0.4 is 0 Å². The topological polar surface area (TPSA) is 99.4 Å². The third-order valence-electron chi connectivity index (χ3n) is 3.75. The van der Waals surface area contributed by atoms with E-state index in [4.69, 9.17) is 24.8 Å². The summed E-state index contributed by atoms with van der Waals surface area (Å²) in [6.45, 7) is 3.83. The van der Waals surface area contributed by atoms with Gasteiger partial charge in [-0.25, -0.2) is 0 Å². The number of rotatable bonds is 16. The van der Waals surface area contributed by atoms with Gasteiger partial charge < -0.3 is 29.9 Å². The van der Waals surface area contributed by atoms with E-state index in [1.54, 1.807) is 6.92 Å². The lowest BCUT2D eigenvalue weighted by Crippen LogP contribution is -2.43. The van der Waals surface area contributed by atoms with Crippen molar-refractivity contribution < 1.29 is 29.9 Å². The van der Waals surface area contributed by atoms with E-state index in [0.29, 0.717) is 6.61 Å². The minimum Gasteiger partial charge on any atom is -0.394 e. The van der Waals surface area contributed by atoms with Crippen LogP contribution in [0, 0.1) is 0 Å². The van der Waals surface area contributed by atoms with E-state index in [-0.39, 0.29) is 0 Å². The van der Waals surface area contributed by atoms with Crippen molar-refractivity contribution in [1.82, 2.24) is 0 Å². The molecule has 0 spiro atoms. The third kappa shape index (κ3) is 12.9. The summed E-state index contributed by atoms with van der Waals surface area (Å²) >= 11 is 0. The van der Waals surface area contributed by atoms with Crippen molar-refractivity contribution >= 4 is 0 Å². The Bertz CT molecular complexity index is 295. The van der Waals surface area contributed by atoms with Crippen molar-refractivity contribution in [2.24, 2.45) is 0 Å². The summed E-state index contributed by atoms with van der Waals surface area (Å²) in [5.74, 6) is 0. The smallest absolute Gasteiger partial charge is 0.180 e. The average molecular weight is 348 g/mol. The van der Waals surface area contributed by atoms with Crippen LogP contribution >= 0.6 is 0 Å². The first-order valence-corrected chi connectivity index (χ1v) is 9.10. The highest BCUT2D eigenvalue weighted by Gasteiger charge is 2.26. The van der Waals surface area contributed by atoms with Gasteiger partial charge in [-0.2, -0.15) is 0 Å².